The molecule has 0 amide bonds. The molecule has 3 rings (SSSR count). The zero-order valence-corrected chi connectivity index (χ0v) is 11.2. The molecule has 0 fully saturated rings. The molecule has 20 heavy (non-hydrogen) atoms. The van der Waals surface area contributed by atoms with Crippen molar-refractivity contribution in [3.05, 3.63) is 42.1 Å². The van der Waals surface area contributed by atoms with Crippen LogP contribution in [-0.2, 0) is 22.5 Å². The Labute approximate surface area is 116 Å². The first-order chi connectivity index (χ1) is 9.69. The molecule has 2 aromatic rings. The molecule has 1 atom stereocenters. The Balaban J connectivity index is 1.91. The van der Waals surface area contributed by atoms with Gasteiger partial charge in [-0.3, -0.25) is 4.79 Å². The summed E-state index contributed by atoms with van der Waals surface area (Å²) in [6.07, 6.45) is 3.23. The summed E-state index contributed by atoms with van der Waals surface area (Å²) in [6.45, 7) is 0.545. The van der Waals surface area contributed by atoms with Crippen LogP contribution in [-0.4, -0.2) is 22.6 Å². The first kappa shape index (κ1) is 12.8. The van der Waals surface area contributed by atoms with Gasteiger partial charge < -0.3 is 9.30 Å². The number of methoxy groups -OCH3 is 1. The van der Waals surface area contributed by atoms with Gasteiger partial charge in [0.2, 0.25) is 0 Å². The quantitative estimate of drug-likeness (QED) is 0.790. The lowest BCUT2D eigenvalue weighted by molar-refractivity contribution is -0.146. The smallest absolute Gasteiger partial charge is 0.310 e. The Kier molecular flexibility index (Phi) is 3.26. The van der Waals surface area contributed by atoms with Gasteiger partial charge in [0.1, 0.15) is 11.6 Å². The number of rotatable bonds is 2. The van der Waals surface area contributed by atoms with Crippen molar-refractivity contribution in [2.24, 2.45) is 5.92 Å². The fourth-order valence-corrected chi connectivity index (χ4v) is 2.60. The van der Waals surface area contributed by atoms with Crippen molar-refractivity contribution in [1.82, 2.24) is 9.55 Å². The number of hydrogen-bond donors (Lipinski definition) is 0. The van der Waals surface area contributed by atoms with Crippen LogP contribution in [0.3, 0.4) is 0 Å². The first-order valence-corrected chi connectivity index (χ1v) is 6.58. The minimum absolute atomic E-state index is 0.143. The highest BCUT2D eigenvalue weighted by atomic mass is 19.1. The zero-order valence-electron chi connectivity index (χ0n) is 11.2. The number of aryl methyl sites for hydroxylation is 1. The summed E-state index contributed by atoms with van der Waals surface area (Å²) in [5.74, 6) is 0.267. The summed E-state index contributed by atoms with van der Waals surface area (Å²) < 4.78 is 20.5. The van der Waals surface area contributed by atoms with E-state index in [4.69, 9.17) is 4.74 Å². The van der Waals surface area contributed by atoms with Crippen LogP contribution in [0, 0.1) is 11.7 Å². The lowest BCUT2D eigenvalue weighted by Crippen LogP contribution is -2.27. The van der Waals surface area contributed by atoms with Crippen LogP contribution in [0.1, 0.15) is 12.2 Å². The van der Waals surface area contributed by atoms with E-state index < -0.39 is 0 Å². The predicted octanol–water partition coefficient (Wildman–Crippen LogP) is 2.42. The molecule has 1 aliphatic rings. The molecule has 1 aliphatic heterocycles. The fourth-order valence-electron chi connectivity index (χ4n) is 2.60. The second-order valence-corrected chi connectivity index (χ2v) is 4.93. The van der Waals surface area contributed by atoms with Gasteiger partial charge in [0.25, 0.3) is 0 Å². The Morgan fingerprint density at radius 3 is 3.00 bits per heavy atom. The zero-order chi connectivity index (χ0) is 14.1. The van der Waals surface area contributed by atoms with E-state index in [1.54, 1.807) is 18.2 Å². The molecule has 0 spiro atoms. The monoisotopic (exact) mass is 274 g/mol. The van der Waals surface area contributed by atoms with Crippen LogP contribution >= 0.6 is 0 Å². The van der Waals surface area contributed by atoms with E-state index in [1.807, 2.05) is 10.8 Å². The van der Waals surface area contributed by atoms with E-state index in [0.29, 0.717) is 24.2 Å². The molecular weight excluding hydrogens is 259 g/mol. The number of halogens is 1. The van der Waals surface area contributed by atoms with Crippen molar-refractivity contribution in [3.8, 4) is 11.3 Å². The van der Waals surface area contributed by atoms with Crippen LogP contribution in [0.15, 0.2) is 30.5 Å². The number of esters is 1. The molecule has 0 bridgehead atoms. The number of ether oxygens (including phenoxy) is 1. The van der Waals surface area contributed by atoms with Crippen molar-refractivity contribution >= 4 is 5.97 Å². The Morgan fingerprint density at radius 1 is 1.45 bits per heavy atom. The highest BCUT2D eigenvalue weighted by Gasteiger charge is 2.26. The van der Waals surface area contributed by atoms with Crippen LogP contribution in [0.2, 0.25) is 0 Å². The third-order valence-corrected chi connectivity index (χ3v) is 3.68. The third-order valence-electron chi connectivity index (χ3n) is 3.68. The van der Waals surface area contributed by atoms with Gasteiger partial charge in [-0.1, -0.05) is 12.1 Å². The minimum atomic E-state index is -0.285. The van der Waals surface area contributed by atoms with Gasteiger partial charge in [0, 0.05) is 24.7 Å². The molecule has 0 radical (unpaired) electrons. The molecule has 1 unspecified atom stereocenters. The normalized spacial score (nSPS) is 17.6. The van der Waals surface area contributed by atoms with Crippen LogP contribution < -0.4 is 0 Å². The number of carbonyl (C=O) groups excluding carboxylic acids is 1. The average Bonchev–Trinajstić information content (AvgIpc) is 2.89. The molecule has 0 saturated heterocycles. The van der Waals surface area contributed by atoms with Crippen LogP contribution in [0.4, 0.5) is 4.39 Å². The number of nitrogens with zero attached hydrogens (tertiary/aromatic N) is 2. The molecular formula is C15H15FN2O2. The maximum atomic E-state index is 13.8. The fraction of sp³-hybridized carbons (Fsp3) is 0.333. The number of imidazole rings is 1. The van der Waals surface area contributed by atoms with Gasteiger partial charge >= 0.3 is 5.97 Å². The van der Waals surface area contributed by atoms with Crippen LogP contribution in [0.5, 0.6) is 0 Å². The number of carbonyl (C=O) groups is 1. The molecule has 0 saturated carbocycles. The topological polar surface area (TPSA) is 44.1 Å². The van der Waals surface area contributed by atoms with Gasteiger partial charge in [-0.05, 0) is 18.6 Å². The summed E-state index contributed by atoms with van der Waals surface area (Å²) in [7, 11) is 1.40. The summed E-state index contributed by atoms with van der Waals surface area (Å²) in [6, 6.07) is 6.57. The number of benzene rings is 1. The summed E-state index contributed by atoms with van der Waals surface area (Å²) in [5.41, 5.74) is 1.10. The van der Waals surface area contributed by atoms with E-state index in [2.05, 4.69) is 4.98 Å². The number of fused-ring (bicyclic) bond motifs is 1. The first-order valence-electron chi connectivity index (χ1n) is 6.58. The number of aromatic nitrogens is 2. The molecule has 1 aromatic carbocycles. The average molecular weight is 274 g/mol. The van der Waals surface area contributed by atoms with Gasteiger partial charge in [-0.15, -0.1) is 0 Å². The van der Waals surface area contributed by atoms with Crippen molar-refractivity contribution < 1.29 is 13.9 Å². The maximum absolute atomic E-state index is 13.8. The summed E-state index contributed by atoms with van der Waals surface area (Å²) >= 11 is 0. The van der Waals surface area contributed by atoms with E-state index in [1.165, 1.54) is 13.2 Å². The largest absolute Gasteiger partial charge is 0.469 e. The van der Waals surface area contributed by atoms with Crippen molar-refractivity contribution in [2.45, 2.75) is 19.4 Å². The minimum Gasteiger partial charge on any atom is -0.469 e. The van der Waals surface area contributed by atoms with Crippen LogP contribution in [0.25, 0.3) is 11.3 Å². The Morgan fingerprint density at radius 2 is 2.25 bits per heavy atom. The number of hydrogen-bond acceptors (Lipinski definition) is 3. The van der Waals surface area contributed by atoms with Crippen molar-refractivity contribution in [1.29, 1.82) is 0 Å². The van der Waals surface area contributed by atoms with Crippen molar-refractivity contribution in [2.75, 3.05) is 7.11 Å². The highest BCUT2D eigenvalue weighted by Crippen LogP contribution is 2.26. The second-order valence-electron chi connectivity index (χ2n) is 4.93. The van der Waals surface area contributed by atoms with E-state index in [9.17, 15) is 9.18 Å². The Bertz CT molecular complexity index is 651. The van der Waals surface area contributed by atoms with Gasteiger partial charge in [0.05, 0.1) is 18.7 Å². The summed E-state index contributed by atoms with van der Waals surface area (Å²) in [5, 5.41) is 0. The molecule has 2 heterocycles. The molecule has 4 nitrogen and oxygen atoms in total. The lowest BCUT2D eigenvalue weighted by Gasteiger charge is -2.21. The third kappa shape index (κ3) is 2.19. The van der Waals surface area contributed by atoms with Gasteiger partial charge in [-0.2, -0.15) is 0 Å². The summed E-state index contributed by atoms with van der Waals surface area (Å²) in [4.78, 5) is 16.1. The molecule has 0 N–H and O–H groups in total. The van der Waals surface area contributed by atoms with Gasteiger partial charge in [0.15, 0.2) is 0 Å². The molecule has 104 valence electrons. The standard InChI is InChI=1S/C15H15FN2O2/c1-20-15(19)10-6-7-14-17-13(9-18(14)8-10)11-4-2-3-5-12(11)16/h2-5,9-10H,6-8H2,1H3. The van der Waals surface area contributed by atoms with E-state index in [-0.39, 0.29) is 17.7 Å². The predicted molar refractivity (Wildman–Crippen MR) is 71.4 cm³/mol. The second kappa shape index (κ2) is 5.07. The van der Waals surface area contributed by atoms with Gasteiger partial charge in [-0.25, -0.2) is 9.37 Å². The Hall–Kier alpha value is -2.17. The SMILES string of the molecule is COC(=O)C1CCc2nc(-c3ccccc3F)cn2C1. The van der Waals surface area contributed by atoms with Crippen molar-refractivity contribution in [3.63, 3.8) is 0 Å². The molecule has 1 aromatic heterocycles. The van der Waals surface area contributed by atoms with E-state index >= 15 is 0 Å². The highest BCUT2D eigenvalue weighted by molar-refractivity contribution is 5.72. The van der Waals surface area contributed by atoms with E-state index in [0.717, 1.165) is 12.2 Å². The maximum Gasteiger partial charge on any atom is 0.310 e. The lowest BCUT2D eigenvalue weighted by atomic mass is 10.00. The molecule has 0 aliphatic carbocycles. The molecule has 5 heteroatoms.